The van der Waals surface area contributed by atoms with E-state index in [9.17, 15) is 9.59 Å². The Hall–Kier alpha value is -3.08. The SMILES string of the molecule is COc1ccc(/C=C2\C(=O)NN(c3cccc(C)c3)C2=O)cc1. The molecule has 1 aliphatic heterocycles. The molecule has 5 nitrogen and oxygen atoms in total. The van der Waals surface area contributed by atoms with Crippen LogP contribution in [0.1, 0.15) is 11.1 Å². The molecule has 2 aromatic carbocycles. The highest BCUT2D eigenvalue weighted by Gasteiger charge is 2.34. The Bertz CT molecular complexity index is 794. The first kappa shape index (κ1) is 14.8. The van der Waals surface area contributed by atoms with Crippen molar-refractivity contribution >= 4 is 23.6 Å². The van der Waals surface area contributed by atoms with Crippen LogP contribution < -0.4 is 15.2 Å². The molecule has 1 fully saturated rings. The Morgan fingerprint density at radius 1 is 1.09 bits per heavy atom. The first-order valence-electron chi connectivity index (χ1n) is 7.16. The van der Waals surface area contributed by atoms with Crippen molar-refractivity contribution in [2.45, 2.75) is 6.92 Å². The maximum atomic E-state index is 12.5. The number of ether oxygens (including phenoxy) is 1. The summed E-state index contributed by atoms with van der Waals surface area (Å²) in [5, 5.41) is 1.27. The van der Waals surface area contributed by atoms with E-state index in [0.717, 1.165) is 16.9 Å². The molecule has 0 bridgehead atoms. The number of rotatable bonds is 3. The van der Waals surface area contributed by atoms with Crippen molar-refractivity contribution < 1.29 is 14.3 Å². The number of hydrogen-bond acceptors (Lipinski definition) is 3. The summed E-state index contributed by atoms with van der Waals surface area (Å²) in [6.07, 6.45) is 1.58. The Morgan fingerprint density at radius 2 is 1.83 bits per heavy atom. The topological polar surface area (TPSA) is 58.6 Å². The number of carbonyl (C=O) groups is 2. The standard InChI is InChI=1S/C18H16N2O3/c1-12-4-3-5-14(10-12)20-18(22)16(17(21)19-20)11-13-6-8-15(23-2)9-7-13/h3-11H,1-2H3,(H,19,21)/b16-11+. The van der Waals surface area contributed by atoms with Gasteiger partial charge >= 0.3 is 0 Å². The molecule has 0 unspecified atom stereocenters. The maximum absolute atomic E-state index is 12.5. The number of nitrogens with zero attached hydrogens (tertiary/aromatic N) is 1. The highest BCUT2D eigenvalue weighted by Crippen LogP contribution is 2.22. The van der Waals surface area contributed by atoms with Gasteiger partial charge in [-0.3, -0.25) is 15.0 Å². The summed E-state index contributed by atoms with van der Waals surface area (Å²) in [6.45, 7) is 1.93. The number of anilines is 1. The Kier molecular flexibility index (Phi) is 3.85. The van der Waals surface area contributed by atoms with Crippen LogP contribution in [0.15, 0.2) is 54.1 Å². The highest BCUT2D eigenvalue weighted by molar-refractivity contribution is 6.31. The smallest absolute Gasteiger partial charge is 0.282 e. The minimum absolute atomic E-state index is 0.108. The van der Waals surface area contributed by atoms with Gasteiger partial charge in [-0.05, 0) is 48.4 Å². The van der Waals surface area contributed by atoms with Crippen LogP contribution in [0.25, 0.3) is 6.08 Å². The highest BCUT2D eigenvalue weighted by atomic mass is 16.5. The maximum Gasteiger partial charge on any atom is 0.282 e. The molecule has 1 aliphatic rings. The second-order valence-electron chi connectivity index (χ2n) is 5.25. The number of benzene rings is 2. The van der Waals surface area contributed by atoms with E-state index >= 15 is 0 Å². The molecule has 0 radical (unpaired) electrons. The van der Waals surface area contributed by atoms with Crippen molar-refractivity contribution in [3.8, 4) is 5.75 Å². The average Bonchev–Trinajstić information content (AvgIpc) is 2.84. The van der Waals surface area contributed by atoms with Crippen LogP contribution in [0.2, 0.25) is 0 Å². The molecule has 2 amide bonds. The normalized spacial score (nSPS) is 15.9. The van der Waals surface area contributed by atoms with Gasteiger partial charge in [-0.15, -0.1) is 0 Å². The summed E-state index contributed by atoms with van der Waals surface area (Å²) < 4.78 is 5.09. The number of aryl methyl sites for hydroxylation is 1. The third kappa shape index (κ3) is 2.94. The van der Waals surface area contributed by atoms with Gasteiger partial charge in [-0.1, -0.05) is 24.3 Å². The van der Waals surface area contributed by atoms with E-state index in [0.29, 0.717) is 5.69 Å². The number of hydrazine groups is 1. The van der Waals surface area contributed by atoms with Gasteiger partial charge in [0.2, 0.25) is 0 Å². The Labute approximate surface area is 134 Å². The molecule has 0 saturated carbocycles. The molecule has 1 heterocycles. The van der Waals surface area contributed by atoms with E-state index < -0.39 is 5.91 Å². The molecule has 2 aromatic rings. The minimum atomic E-state index is -0.410. The molecule has 0 atom stereocenters. The van der Waals surface area contributed by atoms with Crippen molar-refractivity contribution in [1.29, 1.82) is 0 Å². The van der Waals surface area contributed by atoms with Crippen LogP contribution in [0.4, 0.5) is 5.69 Å². The molecular weight excluding hydrogens is 292 g/mol. The summed E-state index contributed by atoms with van der Waals surface area (Å²) in [5.41, 5.74) is 5.11. The molecule has 1 saturated heterocycles. The zero-order valence-corrected chi connectivity index (χ0v) is 12.9. The van der Waals surface area contributed by atoms with Gasteiger partial charge in [0, 0.05) is 0 Å². The van der Waals surface area contributed by atoms with E-state index in [1.54, 1.807) is 43.5 Å². The second kappa shape index (κ2) is 5.96. The first-order valence-corrected chi connectivity index (χ1v) is 7.16. The molecule has 0 aromatic heterocycles. The monoisotopic (exact) mass is 308 g/mol. The molecule has 0 spiro atoms. The lowest BCUT2D eigenvalue weighted by molar-refractivity contribution is -0.117. The van der Waals surface area contributed by atoms with Crippen LogP contribution in [-0.4, -0.2) is 18.9 Å². The average molecular weight is 308 g/mol. The van der Waals surface area contributed by atoms with Crippen molar-refractivity contribution in [3.63, 3.8) is 0 Å². The predicted octanol–water partition coefficient (Wildman–Crippen LogP) is 2.47. The van der Waals surface area contributed by atoms with E-state index in [4.69, 9.17) is 4.74 Å². The second-order valence-corrected chi connectivity index (χ2v) is 5.25. The summed E-state index contributed by atoms with van der Waals surface area (Å²) in [4.78, 5) is 24.6. The third-order valence-electron chi connectivity index (χ3n) is 3.58. The number of methoxy groups -OCH3 is 1. The lowest BCUT2D eigenvalue weighted by Crippen LogP contribution is -2.35. The largest absolute Gasteiger partial charge is 0.497 e. The zero-order valence-electron chi connectivity index (χ0n) is 12.9. The summed E-state index contributed by atoms with van der Waals surface area (Å²) in [5.74, 6) is -0.0560. The van der Waals surface area contributed by atoms with Crippen LogP contribution in [0.5, 0.6) is 5.75 Å². The van der Waals surface area contributed by atoms with Crippen LogP contribution in [0, 0.1) is 6.92 Å². The lowest BCUT2D eigenvalue weighted by atomic mass is 10.1. The van der Waals surface area contributed by atoms with Crippen molar-refractivity contribution in [2.24, 2.45) is 0 Å². The van der Waals surface area contributed by atoms with Crippen LogP contribution in [-0.2, 0) is 9.59 Å². The number of hydrogen-bond donors (Lipinski definition) is 1. The molecule has 0 aliphatic carbocycles. The quantitative estimate of drug-likeness (QED) is 0.700. The molecule has 5 heteroatoms. The zero-order chi connectivity index (χ0) is 16.4. The lowest BCUT2D eigenvalue weighted by Gasteiger charge is -2.14. The van der Waals surface area contributed by atoms with E-state index in [-0.39, 0.29) is 11.5 Å². The molecular formula is C18H16N2O3. The van der Waals surface area contributed by atoms with Crippen molar-refractivity contribution in [2.75, 3.05) is 12.1 Å². The van der Waals surface area contributed by atoms with Crippen LogP contribution >= 0.6 is 0 Å². The molecule has 3 rings (SSSR count). The Balaban J connectivity index is 1.90. The van der Waals surface area contributed by atoms with Gasteiger partial charge < -0.3 is 4.74 Å². The Morgan fingerprint density at radius 3 is 2.48 bits per heavy atom. The van der Waals surface area contributed by atoms with Crippen molar-refractivity contribution in [3.05, 3.63) is 65.2 Å². The fourth-order valence-corrected chi connectivity index (χ4v) is 2.37. The van der Waals surface area contributed by atoms with Crippen molar-refractivity contribution in [1.82, 2.24) is 5.43 Å². The first-order chi connectivity index (χ1) is 11.1. The fourth-order valence-electron chi connectivity index (χ4n) is 2.37. The van der Waals surface area contributed by atoms with E-state index in [1.165, 1.54) is 5.01 Å². The van der Waals surface area contributed by atoms with Gasteiger partial charge in [0.05, 0.1) is 12.8 Å². The van der Waals surface area contributed by atoms with E-state index in [1.807, 2.05) is 25.1 Å². The summed E-state index contributed by atoms with van der Waals surface area (Å²) in [7, 11) is 1.58. The number of amides is 2. The molecule has 1 N–H and O–H groups in total. The number of nitrogens with one attached hydrogen (secondary N) is 1. The summed E-state index contributed by atoms with van der Waals surface area (Å²) >= 11 is 0. The summed E-state index contributed by atoms with van der Waals surface area (Å²) in [6, 6.07) is 14.5. The molecule has 116 valence electrons. The minimum Gasteiger partial charge on any atom is -0.497 e. The van der Waals surface area contributed by atoms with Gasteiger partial charge in [-0.2, -0.15) is 0 Å². The fraction of sp³-hybridized carbons (Fsp3) is 0.111. The molecule has 23 heavy (non-hydrogen) atoms. The van der Waals surface area contributed by atoms with Gasteiger partial charge in [0.25, 0.3) is 11.8 Å². The van der Waals surface area contributed by atoms with Gasteiger partial charge in [0.1, 0.15) is 11.3 Å². The van der Waals surface area contributed by atoms with Gasteiger partial charge in [0.15, 0.2) is 0 Å². The number of carbonyl (C=O) groups excluding carboxylic acids is 2. The van der Waals surface area contributed by atoms with Gasteiger partial charge in [-0.25, -0.2) is 5.01 Å². The third-order valence-corrected chi connectivity index (χ3v) is 3.58. The predicted molar refractivity (Wildman–Crippen MR) is 87.8 cm³/mol. The van der Waals surface area contributed by atoms with E-state index in [2.05, 4.69) is 5.43 Å². The van der Waals surface area contributed by atoms with Crippen LogP contribution in [0.3, 0.4) is 0 Å².